The number of benzene rings is 2. The Labute approximate surface area is 183 Å². The molecular weight excluding hydrogens is 420 g/mol. The van der Waals surface area contributed by atoms with Crippen LogP contribution in [0.25, 0.3) is 10.9 Å². The number of urea groups is 1. The molecule has 170 valence electrons. The van der Waals surface area contributed by atoms with Crippen LogP contribution in [0.3, 0.4) is 0 Å². The minimum absolute atomic E-state index is 0.000588. The van der Waals surface area contributed by atoms with E-state index in [1.807, 2.05) is 26.0 Å². The van der Waals surface area contributed by atoms with E-state index in [0.29, 0.717) is 18.2 Å². The maximum Gasteiger partial charge on any atom is 0.394 e. The summed E-state index contributed by atoms with van der Waals surface area (Å²) in [4.78, 5) is 29.5. The van der Waals surface area contributed by atoms with Crippen LogP contribution in [-0.2, 0) is 6.54 Å². The van der Waals surface area contributed by atoms with Crippen LogP contribution in [0.4, 0.5) is 19.3 Å². The summed E-state index contributed by atoms with van der Waals surface area (Å²) in [6.07, 6.45) is -3.31. The van der Waals surface area contributed by atoms with Gasteiger partial charge in [-0.15, -0.1) is 0 Å². The van der Waals surface area contributed by atoms with Gasteiger partial charge in [0.05, 0.1) is 18.7 Å². The number of carbonyl (C=O) groups excluding carboxylic acids is 1. The van der Waals surface area contributed by atoms with Gasteiger partial charge in [0.1, 0.15) is 5.75 Å². The Kier molecular flexibility index (Phi) is 6.78. The van der Waals surface area contributed by atoms with Crippen LogP contribution in [-0.4, -0.2) is 40.3 Å². The van der Waals surface area contributed by atoms with E-state index in [1.165, 1.54) is 29.2 Å². The van der Waals surface area contributed by atoms with Gasteiger partial charge in [0.15, 0.2) is 0 Å². The molecule has 9 heteroatoms. The number of halogens is 2. The number of ether oxygens (including phenoxy) is 1. The number of aryl methyl sites for hydroxylation is 2. The Bertz CT molecular complexity index is 1170. The van der Waals surface area contributed by atoms with Gasteiger partial charge >= 0.3 is 12.1 Å². The molecule has 3 rings (SSSR count). The molecule has 1 aromatic heterocycles. The number of pyridine rings is 1. The van der Waals surface area contributed by atoms with Gasteiger partial charge in [-0.3, -0.25) is 4.79 Å². The average molecular weight is 445 g/mol. The average Bonchev–Trinajstić information content (AvgIpc) is 2.69. The van der Waals surface area contributed by atoms with Crippen molar-refractivity contribution in [2.24, 2.45) is 0 Å². The van der Waals surface area contributed by atoms with E-state index in [4.69, 9.17) is 0 Å². The number of carbonyl (C=O) groups is 1. The van der Waals surface area contributed by atoms with Gasteiger partial charge in [0.25, 0.3) is 5.56 Å². The number of alkyl halides is 2. The number of rotatable bonds is 7. The molecule has 2 aromatic carbocycles. The van der Waals surface area contributed by atoms with Crippen molar-refractivity contribution in [2.45, 2.75) is 33.4 Å². The lowest BCUT2D eigenvalue weighted by molar-refractivity contribution is -0.158. The number of nitrogens with zero attached hydrogens (tertiary/aromatic N) is 1. The Morgan fingerprint density at radius 3 is 2.50 bits per heavy atom. The van der Waals surface area contributed by atoms with E-state index >= 15 is 0 Å². The molecule has 0 unspecified atom stereocenters. The van der Waals surface area contributed by atoms with Crippen molar-refractivity contribution in [1.82, 2.24) is 9.88 Å². The number of hydrogen-bond acceptors (Lipinski definition) is 4. The van der Waals surface area contributed by atoms with E-state index in [0.717, 1.165) is 22.0 Å². The molecule has 0 aliphatic rings. The highest BCUT2D eigenvalue weighted by molar-refractivity contribution is 5.89. The third kappa shape index (κ3) is 5.82. The fourth-order valence-corrected chi connectivity index (χ4v) is 3.44. The van der Waals surface area contributed by atoms with E-state index < -0.39 is 12.1 Å². The first-order valence-corrected chi connectivity index (χ1v) is 10.0. The highest BCUT2D eigenvalue weighted by Gasteiger charge is 2.23. The molecule has 1 heterocycles. The van der Waals surface area contributed by atoms with Crippen molar-refractivity contribution >= 4 is 22.6 Å². The molecule has 0 aliphatic carbocycles. The first kappa shape index (κ1) is 23.2. The monoisotopic (exact) mass is 445 g/mol. The zero-order chi connectivity index (χ0) is 23.5. The summed E-state index contributed by atoms with van der Waals surface area (Å²) in [5.74, 6) is -0.0454. The topological polar surface area (TPSA) is 94.7 Å². The molecule has 0 aliphatic heterocycles. The number of aliphatic hydroxyl groups excluding tert-OH is 1. The Morgan fingerprint density at radius 1 is 1.19 bits per heavy atom. The smallest absolute Gasteiger partial charge is 0.394 e. The van der Waals surface area contributed by atoms with Crippen LogP contribution in [0, 0.1) is 13.8 Å². The highest BCUT2D eigenvalue weighted by Crippen LogP contribution is 2.23. The van der Waals surface area contributed by atoms with Crippen molar-refractivity contribution in [2.75, 3.05) is 18.5 Å². The second-order valence-electron chi connectivity index (χ2n) is 7.68. The molecular formula is C23H25F2N3O4. The molecule has 0 atom stereocenters. The first-order chi connectivity index (χ1) is 15.1. The van der Waals surface area contributed by atoms with Crippen LogP contribution < -0.4 is 15.6 Å². The van der Waals surface area contributed by atoms with Gasteiger partial charge in [-0.2, -0.15) is 8.78 Å². The lowest BCUT2D eigenvalue weighted by Gasteiger charge is -2.22. The number of anilines is 1. The molecule has 0 saturated carbocycles. The highest BCUT2D eigenvalue weighted by atomic mass is 19.3. The van der Waals surface area contributed by atoms with E-state index in [9.17, 15) is 23.5 Å². The Hall–Kier alpha value is -3.46. The van der Waals surface area contributed by atoms with Gasteiger partial charge in [0.2, 0.25) is 0 Å². The third-order valence-corrected chi connectivity index (χ3v) is 4.79. The van der Waals surface area contributed by atoms with Crippen molar-refractivity contribution in [3.8, 4) is 5.75 Å². The van der Waals surface area contributed by atoms with Crippen LogP contribution in [0.5, 0.6) is 5.75 Å². The van der Waals surface area contributed by atoms with Crippen molar-refractivity contribution in [1.29, 1.82) is 0 Å². The number of aliphatic hydroxyl groups is 1. The summed E-state index contributed by atoms with van der Waals surface area (Å²) in [7, 11) is 0. The zero-order valence-electron chi connectivity index (χ0n) is 18.0. The zero-order valence-corrected chi connectivity index (χ0v) is 18.0. The maximum absolute atomic E-state index is 12.9. The van der Waals surface area contributed by atoms with Crippen LogP contribution in [0.1, 0.15) is 23.6 Å². The lowest BCUT2D eigenvalue weighted by atomic mass is 10.1. The molecule has 0 fully saturated rings. The number of nitrogens with one attached hydrogen (secondary N) is 2. The Morgan fingerprint density at radius 2 is 1.88 bits per heavy atom. The third-order valence-electron chi connectivity index (χ3n) is 4.79. The standard InChI is InChI=1S/C23H25F2N3O4/c1-14-10-15(2)20-16(11-14)12-17(21(30)27-20)13-28(8-9-29)22(31)26-18-4-6-19(7-5-18)32-23(3,24)25/h4-7,10-12,29H,8-9,13H2,1-3H3,(H,26,31)(H,27,30). The maximum atomic E-state index is 12.9. The lowest BCUT2D eigenvalue weighted by Crippen LogP contribution is -2.38. The molecule has 3 aromatic rings. The summed E-state index contributed by atoms with van der Waals surface area (Å²) in [6.45, 7) is 4.18. The summed E-state index contributed by atoms with van der Waals surface area (Å²) in [5.41, 5.74) is 3.14. The van der Waals surface area contributed by atoms with E-state index in [-0.39, 0.29) is 31.0 Å². The van der Waals surface area contributed by atoms with Gasteiger partial charge in [-0.25, -0.2) is 4.79 Å². The molecule has 7 nitrogen and oxygen atoms in total. The number of aromatic nitrogens is 1. The SMILES string of the molecule is Cc1cc(C)c2[nH]c(=O)c(CN(CCO)C(=O)Nc3ccc(OC(C)(F)F)cc3)cc2c1. The molecule has 32 heavy (non-hydrogen) atoms. The number of amides is 2. The predicted octanol–water partition coefficient (Wildman–Crippen LogP) is 4.16. The van der Waals surface area contributed by atoms with Gasteiger partial charge < -0.3 is 25.0 Å². The molecule has 0 radical (unpaired) electrons. The molecule has 0 saturated heterocycles. The van der Waals surface area contributed by atoms with E-state index in [1.54, 1.807) is 6.07 Å². The van der Waals surface area contributed by atoms with E-state index in [2.05, 4.69) is 15.0 Å². The second-order valence-corrected chi connectivity index (χ2v) is 7.68. The van der Waals surface area contributed by atoms with Crippen molar-refractivity contribution in [3.63, 3.8) is 0 Å². The van der Waals surface area contributed by atoms with Gasteiger partial charge in [-0.1, -0.05) is 11.6 Å². The first-order valence-electron chi connectivity index (χ1n) is 10.0. The Balaban J connectivity index is 1.78. The number of aromatic amines is 1. The molecule has 2 amide bonds. The molecule has 0 bridgehead atoms. The van der Waals surface area contributed by atoms with Gasteiger partial charge in [-0.05, 0) is 61.2 Å². The summed E-state index contributed by atoms with van der Waals surface area (Å²) >= 11 is 0. The largest absolute Gasteiger partial charge is 0.433 e. The van der Waals surface area contributed by atoms with Crippen molar-refractivity contribution < 1.29 is 23.4 Å². The number of fused-ring (bicyclic) bond motifs is 1. The summed E-state index contributed by atoms with van der Waals surface area (Å²) < 4.78 is 30.3. The molecule has 3 N–H and O–H groups in total. The minimum Gasteiger partial charge on any atom is -0.433 e. The second kappa shape index (κ2) is 9.35. The van der Waals surface area contributed by atoms with Crippen LogP contribution in [0.2, 0.25) is 0 Å². The normalized spacial score (nSPS) is 11.4. The number of hydrogen-bond donors (Lipinski definition) is 3. The fourth-order valence-electron chi connectivity index (χ4n) is 3.44. The summed E-state index contributed by atoms with van der Waals surface area (Å²) in [6, 6.07) is 10.6. The quantitative estimate of drug-likeness (QED) is 0.509. The van der Waals surface area contributed by atoms with Crippen LogP contribution >= 0.6 is 0 Å². The summed E-state index contributed by atoms with van der Waals surface area (Å²) in [5, 5.41) is 12.9. The minimum atomic E-state index is -3.31. The van der Waals surface area contributed by atoms with Crippen molar-refractivity contribution in [3.05, 3.63) is 69.5 Å². The number of H-pyrrole nitrogens is 1. The molecule has 0 spiro atoms. The fraction of sp³-hybridized carbons (Fsp3) is 0.304. The van der Waals surface area contributed by atoms with Crippen LogP contribution in [0.15, 0.2) is 47.3 Å². The van der Waals surface area contributed by atoms with Gasteiger partial charge in [0, 0.05) is 24.7 Å². The predicted molar refractivity (Wildman–Crippen MR) is 118 cm³/mol.